The van der Waals surface area contributed by atoms with Crippen LogP contribution in [0.15, 0.2) is 144 Å². The van der Waals surface area contributed by atoms with E-state index in [-0.39, 0.29) is 5.92 Å². The normalized spacial score (nSPS) is 15.9. The third kappa shape index (κ3) is 4.39. The van der Waals surface area contributed by atoms with Crippen LogP contribution in [0.5, 0.6) is 0 Å². The van der Waals surface area contributed by atoms with Gasteiger partial charge in [0.2, 0.25) is 0 Å². The number of rotatable bonds is 1. The molecule has 0 fully saturated rings. The summed E-state index contributed by atoms with van der Waals surface area (Å²) in [4.78, 5) is 0. The fraction of sp³-hybridized carbons (Fsp3) is 0.0811. The molecule has 37 heavy (non-hydrogen) atoms. The zero-order chi connectivity index (χ0) is 25.2. The van der Waals surface area contributed by atoms with Gasteiger partial charge in [-0.05, 0) is 53.8 Å². The van der Waals surface area contributed by atoms with E-state index >= 15 is 0 Å². The van der Waals surface area contributed by atoms with Crippen molar-refractivity contribution in [2.24, 2.45) is 0 Å². The molecule has 174 valence electrons. The molecule has 0 saturated carbocycles. The van der Waals surface area contributed by atoms with Crippen LogP contribution in [0.1, 0.15) is 53.1 Å². The summed E-state index contributed by atoms with van der Waals surface area (Å²) in [7, 11) is 0. The minimum Gasteiger partial charge on any atom is -0.0817 e. The summed E-state index contributed by atoms with van der Waals surface area (Å²) >= 11 is 0. The molecule has 0 nitrogen and oxygen atoms in total. The van der Waals surface area contributed by atoms with Gasteiger partial charge in [0.1, 0.15) is 11.5 Å². The molecule has 0 amide bonds. The summed E-state index contributed by atoms with van der Waals surface area (Å²) in [6, 6.07) is 38.6. The van der Waals surface area contributed by atoms with E-state index in [9.17, 15) is 0 Å². The Morgan fingerprint density at radius 3 is 1.68 bits per heavy atom. The first-order valence-electron chi connectivity index (χ1n) is 12.7. The van der Waals surface area contributed by atoms with Crippen molar-refractivity contribution in [3.8, 4) is 11.8 Å². The smallest absolute Gasteiger partial charge is 0.0817 e. The van der Waals surface area contributed by atoms with Crippen LogP contribution in [-0.4, -0.2) is 0 Å². The van der Waals surface area contributed by atoms with Gasteiger partial charge in [-0.2, -0.15) is 0 Å². The molecular weight excluding hydrogens is 444 g/mol. The topological polar surface area (TPSA) is 0 Å². The average Bonchev–Trinajstić information content (AvgIpc) is 2.94. The summed E-state index contributed by atoms with van der Waals surface area (Å²) in [5, 5.41) is 0. The molecule has 0 spiro atoms. The Hall–Kier alpha value is -4.69. The minimum absolute atomic E-state index is 0.206. The fourth-order valence-electron chi connectivity index (χ4n) is 5.43. The van der Waals surface area contributed by atoms with Gasteiger partial charge in [-0.15, -0.1) is 0 Å². The van der Waals surface area contributed by atoms with Crippen LogP contribution < -0.4 is 0 Å². The van der Waals surface area contributed by atoms with Gasteiger partial charge < -0.3 is 0 Å². The number of allylic oxidation sites excluding steroid dienone is 5. The van der Waals surface area contributed by atoms with Gasteiger partial charge in [-0.25, -0.2) is 0 Å². The molecule has 0 aromatic heterocycles. The van der Waals surface area contributed by atoms with Crippen LogP contribution in [-0.2, 0) is 0 Å². The van der Waals surface area contributed by atoms with Crippen LogP contribution in [0.3, 0.4) is 0 Å². The Labute approximate surface area is 220 Å². The van der Waals surface area contributed by atoms with E-state index in [1.165, 1.54) is 39.0 Å². The van der Waals surface area contributed by atoms with Gasteiger partial charge in [-0.3, -0.25) is 0 Å². The summed E-state index contributed by atoms with van der Waals surface area (Å²) in [6.07, 6.45) is 4.36. The van der Waals surface area contributed by atoms with Crippen LogP contribution in [0.25, 0.3) is 5.57 Å². The number of benzene rings is 4. The van der Waals surface area contributed by atoms with E-state index in [0.29, 0.717) is 0 Å². The highest BCUT2D eigenvalue weighted by atomic mass is 14.3. The molecule has 0 radical (unpaired) electrons. The summed E-state index contributed by atoms with van der Waals surface area (Å²) < 4.78 is 0. The minimum atomic E-state index is 0.206. The maximum Gasteiger partial charge on any atom is 0.115 e. The van der Waals surface area contributed by atoms with Gasteiger partial charge in [0.05, 0.1) is 11.5 Å². The second-order valence-electron chi connectivity index (χ2n) is 9.62. The lowest BCUT2D eigenvalue weighted by Crippen LogP contribution is -2.14. The van der Waals surface area contributed by atoms with Gasteiger partial charge in [0.15, 0.2) is 0 Å². The van der Waals surface area contributed by atoms with Crippen molar-refractivity contribution in [2.45, 2.75) is 19.8 Å². The van der Waals surface area contributed by atoms with Crippen molar-refractivity contribution >= 4 is 5.57 Å². The molecule has 0 N–H and O–H groups in total. The van der Waals surface area contributed by atoms with Crippen molar-refractivity contribution in [1.82, 2.24) is 0 Å². The molecule has 2 aliphatic rings. The van der Waals surface area contributed by atoms with E-state index in [1.807, 2.05) is 30.3 Å². The molecule has 0 atom stereocenters. The van der Waals surface area contributed by atoms with Crippen LogP contribution in [0, 0.1) is 17.8 Å². The molecule has 6 rings (SSSR count). The molecule has 0 unspecified atom stereocenters. The van der Waals surface area contributed by atoms with E-state index in [1.54, 1.807) is 0 Å². The van der Waals surface area contributed by atoms with Gasteiger partial charge >= 0.3 is 0 Å². The molecular formula is C37H27+. The zero-order valence-corrected chi connectivity index (χ0v) is 21.1. The maximum atomic E-state index is 3.87. The van der Waals surface area contributed by atoms with E-state index in [2.05, 4.69) is 122 Å². The van der Waals surface area contributed by atoms with Gasteiger partial charge in [-0.1, -0.05) is 103 Å². The predicted octanol–water partition coefficient (Wildman–Crippen LogP) is 8.67. The SMILES string of the molecule is CC1=C[C+](C#Cc2ccccc2)C=C(C)C1=C=C1c2ccccc2C(c2ccccc2)c2ccccc21. The number of fused-ring (bicyclic) bond motifs is 2. The quantitative estimate of drug-likeness (QED) is 0.130. The summed E-state index contributed by atoms with van der Waals surface area (Å²) in [5.41, 5.74) is 16.0. The lowest BCUT2D eigenvalue weighted by Gasteiger charge is -2.30. The van der Waals surface area contributed by atoms with E-state index in [0.717, 1.165) is 22.6 Å². The first-order chi connectivity index (χ1) is 18.2. The van der Waals surface area contributed by atoms with Crippen molar-refractivity contribution in [3.05, 3.63) is 183 Å². The Bertz CT molecular complexity index is 1590. The molecule has 0 heterocycles. The third-order valence-corrected chi connectivity index (χ3v) is 7.12. The second kappa shape index (κ2) is 9.75. The van der Waals surface area contributed by atoms with Gasteiger partial charge in [0, 0.05) is 40.7 Å². The average molecular weight is 472 g/mol. The first kappa shape index (κ1) is 22.8. The Morgan fingerprint density at radius 2 is 1.08 bits per heavy atom. The van der Waals surface area contributed by atoms with E-state index < -0.39 is 0 Å². The van der Waals surface area contributed by atoms with Gasteiger partial charge in [0.25, 0.3) is 0 Å². The number of hydrogen-bond donors (Lipinski definition) is 0. The number of hydrogen-bond acceptors (Lipinski definition) is 0. The van der Waals surface area contributed by atoms with Crippen LogP contribution >= 0.6 is 0 Å². The van der Waals surface area contributed by atoms with Crippen LogP contribution in [0.4, 0.5) is 0 Å². The summed E-state index contributed by atoms with van der Waals surface area (Å²) in [6.45, 7) is 4.33. The Kier molecular flexibility index (Phi) is 6.00. The lowest BCUT2D eigenvalue weighted by atomic mass is 9.72. The fourth-order valence-corrected chi connectivity index (χ4v) is 5.43. The molecule has 4 aromatic carbocycles. The molecule has 4 aromatic rings. The highest BCUT2D eigenvalue weighted by Gasteiger charge is 2.30. The van der Waals surface area contributed by atoms with E-state index in [4.69, 9.17) is 0 Å². The molecule has 0 bridgehead atoms. The van der Waals surface area contributed by atoms with Crippen LogP contribution in [0.2, 0.25) is 0 Å². The van der Waals surface area contributed by atoms with Crippen molar-refractivity contribution in [1.29, 1.82) is 0 Å². The monoisotopic (exact) mass is 471 g/mol. The molecule has 2 aliphatic carbocycles. The van der Waals surface area contributed by atoms with Crippen molar-refractivity contribution in [2.75, 3.05) is 0 Å². The van der Waals surface area contributed by atoms with Crippen molar-refractivity contribution < 1.29 is 0 Å². The highest BCUT2D eigenvalue weighted by molar-refractivity contribution is 5.88. The molecule has 0 heteroatoms. The lowest BCUT2D eigenvalue weighted by molar-refractivity contribution is 0.951. The van der Waals surface area contributed by atoms with Crippen molar-refractivity contribution in [3.63, 3.8) is 0 Å². The maximum absolute atomic E-state index is 3.87. The predicted molar refractivity (Wildman–Crippen MR) is 154 cm³/mol. The molecule has 0 saturated heterocycles. The summed E-state index contributed by atoms with van der Waals surface area (Å²) in [5.74, 6) is 7.87. The largest absolute Gasteiger partial charge is 0.115 e. The highest BCUT2D eigenvalue weighted by Crippen LogP contribution is 2.46. The Morgan fingerprint density at radius 1 is 0.568 bits per heavy atom. The zero-order valence-electron chi connectivity index (χ0n) is 21.1. The third-order valence-electron chi connectivity index (χ3n) is 7.12. The Balaban J connectivity index is 1.50. The second-order valence-corrected chi connectivity index (χ2v) is 9.62. The first-order valence-corrected chi connectivity index (χ1v) is 12.7. The molecule has 0 aliphatic heterocycles. The standard InChI is InChI=1S/C37H27/c1-26-23-29(22-21-28-13-5-3-6-14-28)24-27(2)35(26)25-36-31-17-9-11-19-33(31)37(30-15-7-4-8-16-30)34-20-12-10-18-32(34)36/h3-20,23-24,37H,1-2H3/q+1.